The highest BCUT2D eigenvalue weighted by atomic mass is 32.2. The fourth-order valence-corrected chi connectivity index (χ4v) is 3.41. The van der Waals surface area contributed by atoms with Gasteiger partial charge in [-0.3, -0.25) is 0 Å². The van der Waals surface area contributed by atoms with Gasteiger partial charge in [-0.2, -0.15) is 0 Å². The average Bonchev–Trinajstić information content (AvgIpc) is 2.64. The molecule has 0 spiro atoms. The van der Waals surface area contributed by atoms with Crippen LogP contribution in [0.2, 0.25) is 0 Å². The number of likely N-dealkylation sites (N-methyl/N-ethyl adjacent to an activating group) is 1. The van der Waals surface area contributed by atoms with Gasteiger partial charge in [0.25, 0.3) is 0 Å². The Morgan fingerprint density at radius 1 is 1.37 bits per heavy atom. The van der Waals surface area contributed by atoms with Crippen LogP contribution >= 0.6 is 11.8 Å². The minimum Gasteiger partial charge on any atom is -0.383 e. The highest BCUT2D eigenvalue weighted by molar-refractivity contribution is 7.99. The van der Waals surface area contributed by atoms with Crippen LogP contribution in [0, 0.1) is 0 Å². The molecule has 108 valence electrons. The van der Waals surface area contributed by atoms with Crippen LogP contribution in [0.5, 0.6) is 0 Å². The van der Waals surface area contributed by atoms with Crippen LogP contribution in [0.25, 0.3) is 0 Å². The molecular formula is C13H24N4OS. The molecular weight excluding hydrogens is 260 g/mol. The normalized spacial score (nSPS) is 16.9. The van der Waals surface area contributed by atoms with Crippen molar-refractivity contribution in [3.05, 3.63) is 5.82 Å². The van der Waals surface area contributed by atoms with Crippen molar-refractivity contribution in [2.24, 2.45) is 0 Å². The second-order valence-corrected chi connectivity index (χ2v) is 5.87. The largest absolute Gasteiger partial charge is 0.383 e. The number of fused-ring (bicyclic) bond motifs is 1. The van der Waals surface area contributed by atoms with E-state index in [0.717, 1.165) is 42.9 Å². The molecule has 1 aliphatic rings. The number of aromatic nitrogens is 3. The lowest BCUT2D eigenvalue weighted by molar-refractivity contribution is 0.174. The highest BCUT2D eigenvalue weighted by Crippen LogP contribution is 2.22. The van der Waals surface area contributed by atoms with Gasteiger partial charge in [0.2, 0.25) is 0 Å². The molecule has 1 N–H and O–H groups in total. The van der Waals surface area contributed by atoms with Crippen LogP contribution in [0.4, 0.5) is 0 Å². The van der Waals surface area contributed by atoms with E-state index in [4.69, 9.17) is 4.74 Å². The number of nitrogens with zero attached hydrogens (tertiary/aromatic N) is 3. The Balaban J connectivity index is 1.93. The van der Waals surface area contributed by atoms with Gasteiger partial charge in [-0.1, -0.05) is 25.1 Å². The lowest BCUT2D eigenvalue weighted by atomic mass is 10.2. The number of thioether (sulfide) groups is 1. The van der Waals surface area contributed by atoms with E-state index in [2.05, 4.69) is 27.0 Å². The molecule has 0 bridgehead atoms. The lowest BCUT2D eigenvalue weighted by Gasteiger charge is -2.16. The second kappa shape index (κ2) is 7.87. The number of ether oxygens (including phenoxy) is 1. The van der Waals surface area contributed by atoms with Crippen molar-refractivity contribution in [3.63, 3.8) is 0 Å². The Morgan fingerprint density at radius 2 is 2.26 bits per heavy atom. The minimum absolute atomic E-state index is 0.374. The predicted octanol–water partition coefficient (Wildman–Crippen LogP) is 1.72. The van der Waals surface area contributed by atoms with Crippen LogP contribution in [-0.2, 0) is 17.7 Å². The van der Waals surface area contributed by atoms with Crippen molar-refractivity contribution in [2.75, 3.05) is 26.0 Å². The third kappa shape index (κ3) is 4.19. The van der Waals surface area contributed by atoms with Crippen LogP contribution in [-0.4, -0.2) is 46.8 Å². The van der Waals surface area contributed by atoms with Crippen molar-refractivity contribution in [1.82, 2.24) is 20.1 Å². The minimum atomic E-state index is 0.374. The molecule has 0 saturated heterocycles. The summed E-state index contributed by atoms with van der Waals surface area (Å²) in [5, 5.41) is 13.2. The fraction of sp³-hybridized carbons (Fsp3) is 0.846. The lowest BCUT2D eigenvalue weighted by Crippen LogP contribution is -2.35. The van der Waals surface area contributed by atoms with Gasteiger partial charge in [0.05, 0.1) is 6.61 Å². The molecule has 2 heterocycles. The number of hydrogen-bond acceptors (Lipinski definition) is 5. The van der Waals surface area contributed by atoms with Crippen molar-refractivity contribution < 1.29 is 4.74 Å². The van der Waals surface area contributed by atoms with E-state index in [1.54, 1.807) is 18.9 Å². The van der Waals surface area contributed by atoms with Gasteiger partial charge in [0, 0.05) is 31.9 Å². The third-order valence-corrected chi connectivity index (χ3v) is 4.48. The molecule has 0 amide bonds. The van der Waals surface area contributed by atoms with E-state index < -0.39 is 0 Å². The Hall–Kier alpha value is -0.590. The van der Waals surface area contributed by atoms with Gasteiger partial charge in [0.1, 0.15) is 5.82 Å². The van der Waals surface area contributed by atoms with Crippen LogP contribution < -0.4 is 5.32 Å². The Morgan fingerprint density at radius 3 is 3.05 bits per heavy atom. The summed E-state index contributed by atoms with van der Waals surface area (Å²) in [6, 6.07) is 0.374. The van der Waals surface area contributed by atoms with Gasteiger partial charge in [-0.15, -0.1) is 10.2 Å². The van der Waals surface area contributed by atoms with Crippen LogP contribution in [0.15, 0.2) is 5.16 Å². The Bertz CT molecular complexity index is 377. The number of rotatable bonds is 7. The van der Waals surface area contributed by atoms with Crippen LogP contribution in [0.1, 0.15) is 32.0 Å². The maximum atomic E-state index is 5.24. The van der Waals surface area contributed by atoms with Gasteiger partial charge >= 0.3 is 0 Å². The predicted molar refractivity (Wildman–Crippen MR) is 77.6 cm³/mol. The maximum Gasteiger partial charge on any atom is 0.191 e. The van der Waals surface area contributed by atoms with Crippen molar-refractivity contribution in [2.45, 2.75) is 50.4 Å². The number of aryl methyl sites for hydroxylation is 1. The van der Waals surface area contributed by atoms with E-state index in [0.29, 0.717) is 6.04 Å². The zero-order valence-corrected chi connectivity index (χ0v) is 12.7. The van der Waals surface area contributed by atoms with Gasteiger partial charge in [0.15, 0.2) is 5.16 Å². The topological polar surface area (TPSA) is 52.0 Å². The van der Waals surface area contributed by atoms with Crippen molar-refractivity contribution >= 4 is 11.8 Å². The first kappa shape index (κ1) is 14.8. The van der Waals surface area contributed by atoms with Crippen LogP contribution in [0.3, 0.4) is 0 Å². The number of methoxy groups -OCH3 is 1. The summed E-state index contributed by atoms with van der Waals surface area (Å²) in [6.07, 6.45) is 4.86. The molecule has 0 aliphatic carbocycles. The summed E-state index contributed by atoms with van der Waals surface area (Å²) >= 11 is 1.79. The first-order valence-electron chi connectivity index (χ1n) is 7.12. The molecule has 1 unspecified atom stereocenters. The molecule has 2 rings (SSSR count). The number of nitrogens with one attached hydrogen (secondary N) is 1. The molecule has 0 radical (unpaired) electrons. The molecule has 19 heavy (non-hydrogen) atoms. The summed E-state index contributed by atoms with van der Waals surface area (Å²) in [7, 11) is 1.75. The smallest absolute Gasteiger partial charge is 0.191 e. The standard InChI is InChI=1S/C13H24N4OS/c1-3-14-11(9-18-2)10-19-13-16-15-12-7-5-4-6-8-17(12)13/h11,14H,3-10H2,1-2H3. The highest BCUT2D eigenvalue weighted by Gasteiger charge is 2.16. The summed E-state index contributed by atoms with van der Waals surface area (Å²) < 4.78 is 7.54. The molecule has 1 aromatic rings. The average molecular weight is 284 g/mol. The summed E-state index contributed by atoms with van der Waals surface area (Å²) in [4.78, 5) is 0. The van der Waals surface area contributed by atoms with Crippen molar-refractivity contribution in [1.29, 1.82) is 0 Å². The summed E-state index contributed by atoms with van der Waals surface area (Å²) in [5.74, 6) is 2.13. The van der Waals surface area contributed by atoms with Gasteiger partial charge < -0.3 is 14.6 Å². The first-order chi connectivity index (χ1) is 9.35. The number of hydrogen-bond donors (Lipinski definition) is 1. The van der Waals surface area contributed by atoms with E-state index >= 15 is 0 Å². The Labute approximate surface area is 119 Å². The molecule has 0 fully saturated rings. The fourth-order valence-electron chi connectivity index (χ4n) is 2.40. The first-order valence-corrected chi connectivity index (χ1v) is 8.11. The molecule has 1 aromatic heterocycles. The van der Waals surface area contributed by atoms with Gasteiger partial charge in [-0.25, -0.2) is 0 Å². The third-order valence-electron chi connectivity index (χ3n) is 3.35. The molecule has 6 heteroatoms. The molecule has 0 aromatic carbocycles. The molecule has 1 aliphatic heterocycles. The van der Waals surface area contributed by atoms with Gasteiger partial charge in [-0.05, 0) is 19.4 Å². The second-order valence-electron chi connectivity index (χ2n) is 4.88. The quantitative estimate of drug-likeness (QED) is 0.773. The van der Waals surface area contributed by atoms with E-state index in [1.807, 2.05) is 0 Å². The monoisotopic (exact) mass is 284 g/mol. The SMILES string of the molecule is CCNC(COC)CSc1nnc2n1CCCCC2. The van der Waals surface area contributed by atoms with E-state index in [-0.39, 0.29) is 0 Å². The summed E-state index contributed by atoms with van der Waals surface area (Å²) in [5.41, 5.74) is 0. The van der Waals surface area contributed by atoms with E-state index in [9.17, 15) is 0 Å². The molecule has 5 nitrogen and oxygen atoms in total. The zero-order valence-electron chi connectivity index (χ0n) is 11.9. The molecule has 0 saturated carbocycles. The summed E-state index contributed by atoms with van der Waals surface area (Å²) in [6.45, 7) is 4.89. The zero-order chi connectivity index (χ0) is 13.5. The van der Waals surface area contributed by atoms with E-state index in [1.165, 1.54) is 19.3 Å². The maximum absolute atomic E-state index is 5.24. The molecule has 1 atom stereocenters. The van der Waals surface area contributed by atoms with Crippen molar-refractivity contribution in [3.8, 4) is 0 Å². The Kier molecular flexibility index (Phi) is 6.13.